The summed E-state index contributed by atoms with van der Waals surface area (Å²) in [7, 11) is 3.92. The fourth-order valence-corrected chi connectivity index (χ4v) is 2.88. The van der Waals surface area contributed by atoms with Crippen molar-refractivity contribution in [3.8, 4) is 0 Å². The number of benzene rings is 1. The van der Waals surface area contributed by atoms with Crippen LogP contribution in [-0.2, 0) is 0 Å². The molecule has 6 nitrogen and oxygen atoms in total. The van der Waals surface area contributed by atoms with E-state index in [4.69, 9.17) is 0 Å². The van der Waals surface area contributed by atoms with Gasteiger partial charge in [0.05, 0.1) is 0 Å². The summed E-state index contributed by atoms with van der Waals surface area (Å²) in [5.41, 5.74) is 1.76. The number of anilines is 1. The highest BCUT2D eigenvalue weighted by Gasteiger charge is 2.23. The summed E-state index contributed by atoms with van der Waals surface area (Å²) in [5.74, 6) is 0.0330. The summed E-state index contributed by atoms with van der Waals surface area (Å²) in [6.45, 7) is 9.41. The predicted molar refractivity (Wildman–Crippen MR) is 106 cm³/mol. The van der Waals surface area contributed by atoms with E-state index in [0.717, 1.165) is 12.1 Å². The van der Waals surface area contributed by atoms with E-state index in [9.17, 15) is 9.59 Å². The highest BCUT2D eigenvalue weighted by molar-refractivity contribution is 5.95. The maximum Gasteiger partial charge on any atom is 0.317 e. The topological polar surface area (TPSA) is 55.9 Å². The molecular weight excluding hydrogens is 328 g/mol. The second-order valence-electron chi connectivity index (χ2n) is 8.30. The molecule has 26 heavy (non-hydrogen) atoms. The van der Waals surface area contributed by atoms with Crippen LogP contribution in [0.15, 0.2) is 24.3 Å². The lowest BCUT2D eigenvalue weighted by molar-refractivity contribution is 0.0762. The summed E-state index contributed by atoms with van der Waals surface area (Å²) in [6, 6.07) is 7.63. The molecule has 1 aromatic rings. The Morgan fingerprint density at radius 2 is 1.73 bits per heavy atom. The number of carbonyl (C=O) groups excluding carboxylic acids is 2. The summed E-state index contributed by atoms with van der Waals surface area (Å²) in [5, 5.41) is 2.99. The minimum atomic E-state index is -0.0381. The Balaban J connectivity index is 1.96. The van der Waals surface area contributed by atoms with Crippen LogP contribution in [0.2, 0.25) is 0 Å². The minimum absolute atomic E-state index is 0.0330. The molecule has 0 atom stereocenters. The van der Waals surface area contributed by atoms with E-state index >= 15 is 0 Å². The summed E-state index contributed by atoms with van der Waals surface area (Å²) in [4.78, 5) is 30.9. The first kappa shape index (κ1) is 20.1. The van der Waals surface area contributed by atoms with Gasteiger partial charge in [-0.25, -0.2) is 4.79 Å². The van der Waals surface area contributed by atoms with E-state index in [2.05, 4.69) is 26.1 Å². The molecule has 1 aliphatic rings. The molecule has 144 valence electrons. The molecule has 1 aliphatic heterocycles. The number of carbonyl (C=O) groups is 2. The third kappa shape index (κ3) is 5.64. The van der Waals surface area contributed by atoms with E-state index < -0.39 is 0 Å². The van der Waals surface area contributed by atoms with Gasteiger partial charge in [0.1, 0.15) is 0 Å². The number of hydrogen-bond acceptors (Lipinski definition) is 3. The lowest BCUT2D eigenvalue weighted by Gasteiger charge is -2.25. The van der Waals surface area contributed by atoms with Gasteiger partial charge in [-0.15, -0.1) is 0 Å². The Bertz CT molecular complexity index is 637. The quantitative estimate of drug-likeness (QED) is 0.902. The van der Waals surface area contributed by atoms with E-state index in [-0.39, 0.29) is 17.4 Å². The molecule has 3 amide bonds. The van der Waals surface area contributed by atoms with Crippen molar-refractivity contribution in [1.82, 2.24) is 15.1 Å². The highest BCUT2D eigenvalue weighted by Crippen LogP contribution is 2.16. The van der Waals surface area contributed by atoms with Crippen molar-refractivity contribution in [2.45, 2.75) is 27.2 Å². The van der Waals surface area contributed by atoms with Gasteiger partial charge in [0, 0.05) is 58.1 Å². The first-order valence-electron chi connectivity index (χ1n) is 9.27. The molecule has 1 fully saturated rings. The average Bonchev–Trinajstić information content (AvgIpc) is 2.84. The lowest BCUT2D eigenvalue weighted by Crippen LogP contribution is -2.44. The molecule has 0 saturated carbocycles. The number of rotatable bonds is 3. The van der Waals surface area contributed by atoms with Crippen molar-refractivity contribution in [3.05, 3.63) is 29.8 Å². The zero-order valence-corrected chi connectivity index (χ0v) is 16.7. The van der Waals surface area contributed by atoms with Crippen LogP contribution < -0.4 is 10.2 Å². The molecule has 1 aromatic carbocycles. The molecule has 0 spiro atoms. The van der Waals surface area contributed by atoms with Crippen molar-refractivity contribution in [3.63, 3.8) is 0 Å². The minimum Gasteiger partial charge on any atom is -0.378 e. The number of nitrogens with zero attached hydrogens (tertiary/aromatic N) is 3. The number of nitrogens with one attached hydrogen (secondary N) is 1. The molecule has 0 bridgehead atoms. The first-order chi connectivity index (χ1) is 12.2. The van der Waals surface area contributed by atoms with Gasteiger partial charge < -0.3 is 20.0 Å². The van der Waals surface area contributed by atoms with Crippen LogP contribution >= 0.6 is 0 Å². The van der Waals surface area contributed by atoms with Gasteiger partial charge in [0.2, 0.25) is 0 Å². The second kappa shape index (κ2) is 8.43. The standard InChI is InChI=1S/C20H32N4O2/c1-20(2,3)15-21-19(26)24-11-7-10-23(12-13-24)18(25)16-8-6-9-17(14-16)22(4)5/h6,8-9,14H,7,10-13,15H2,1-5H3,(H,21,26). The predicted octanol–water partition coefficient (Wildman–Crippen LogP) is 2.66. The third-order valence-corrected chi connectivity index (χ3v) is 4.45. The molecule has 0 aromatic heterocycles. The van der Waals surface area contributed by atoms with E-state index in [1.165, 1.54) is 0 Å². The van der Waals surface area contributed by atoms with Gasteiger partial charge in [-0.05, 0) is 30.0 Å². The third-order valence-electron chi connectivity index (χ3n) is 4.45. The molecule has 1 N–H and O–H groups in total. The Labute approximate surface area is 157 Å². The number of hydrogen-bond donors (Lipinski definition) is 1. The first-order valence-corrected chi connectivity index (χ1v) is 9.27. The normalized spacial score (nSPS) is 15.4. The number of urea groups is 1. The SMILES string of the molecule is CN(C)c1cccc(C(=O)N2CCCN(C(=O)NCC(C)(C)C)CC2)c1. The summed E-state index contributed by atoms with van der Waals surface area (Å²) >= 11 is 0. The zero-order chi connectivity index (χ0) is 19.3. The second-order valence-corrected chi connectivity index (χ2v) is 8.30. The highest BCUT2D eigenvalue weighted by atomic mass is 16.2. The smallest absolute Gasteiger partial charge is 0.317 e. The zero-order valence-electron chi connectivity index (χ0n) is 16.7. The van der Waals surface area contributed by atoms with E-state index in [0.29, 0.717) is 38.3 Å². The summed E-state index contributed by atoms with van der Waals surface area (Å²) < 4.78 is 0. The Morgan fingerprint density at radius 1 is 1.08 bits per heavy atom. The van der Waals surface area contributed by atoms with Gasteiger partial charge in [0.25, 0.3) is 5.91 Å². The van der Waals surface area contributed by atoms with Crippen LogP contribution in [0.1, 0.15) is 37.6 Å². The largest absolute Gasteiger partial charge is 0.378 e. The fraction of sp³-hybridized carbons (Fsp3) is 0.600. The Hall–Kier alpha value is -2.24. The molecule has 2 rings (SSSR count). The van der Waals surface area contributed by atoms with Crippen LogP contribution in [0, 0.1) is 5.41 Å². The van der Waals surface area contributed by atoms with Crippen molar-refractivity contribution in [2.24, 2.45) is 5.41 Å². The van der Waals surface area contributed by atoms with Crippen molar-refractivity contribution >= 4 is 17.6 Å². The Morgan fingerprint density at radius 3 is 2.38 bits per heavy atom. The van der Waals surface area contributed by atoms with Gasteiger partial charge in [-0.1, -0.05) is 26.8 Å². The maximum absolute atomic E-state index is 12.8. The fourth-order valence-electron chi connectivity index (χ4n) is 2.88. The van der Waals surface area contributed by atoms with Crippen LogP contribution in [0.3, 0.4) is 0 Å². The lowest BCUT2D eigenvalue weighted by atomic mass is 9.97. The monoisotopic (exact) mass is 360 g/mol. The van der Waals surface area contributed by atoms with Gasteiger partial charge in [0.15, 0.2) is 0 Å². The summed E-state index contributed by atoms with van der Waals surface area (Å²) in [6.07, 6.45) is 0.794. The van der Waals surface area contributed by atoms with Crippen LogP contribution in [0.25, 0.3) is 0 Å². The van der Waals surface area contributed by atoms with E-state index in [1.54, 1.807) is 0 Å². The molecular formula is C20H32N4O2. The molecule has 1 saturated heterocycles. The van der Waals surface area contributed by atoms with Gasteiger partial charge >= 0.3 is 6.03 Å². The van der Waals surface area contributed by atoms with Crippen LogP contribution in [0.4, 0.5) is 10.5 Å². The van der Waals surface area contributed by atoms with Crippen molar-refractivity contribution < 1.29 is 9.59 Å². The molecule has 0 aliphatic carbocycles. The molecule has 6 heteroatoms. The van der Waals surface area contributed by atoms with Gasteiger partial charge in [-0.3, -0.25) is 4.79 Å². The van der Waals surface area contributed by atoms with E-state index in [1.807, 2.05) is 53.1 Å². The maximum atomic E-state index is 12.8. The van der Waals surface area contributed by atoms with Crippen LogP contribution in [0.5, 0.6) is 0 Å². The van der Waals surface area contributed by atoms with Crippen LogP contribution in [-0.4, -0.2) is 68.6 Å². The van der Waals surface area contributed by atoms with Crippen molar-refractivity contribution in [1.29, 1.82) is 0 Å². The van der Waals surface area contributed by atoms with Crippen molar-refractivity contribution in [2.75, 3.05) is 51.7 Å². The van der Waals surface area contributed by atoms with Gasteiger partial charge in [-0.2, -0.15) is 0 Å². The average molecular weight is 361 g/mol. The Kier molecular flexibility index (Phi) is 6.51. The molecule has 0 radical (unpaired) electrons. The number of amides is 3. The molecule has 1 heterocycles. The molecule has 0 unspecified atom stereocenters.